The van der Waals surface area contributed by atoms with Crippen LogP contribution >= 0.6 is 12.4 Å². The van der Waals surface area contributed by atoms with Crippen molar-refractivity contribution in [3.05, 3.63) is 30.0 Å². The van der Waals surface area contributed by atoms with E-state index in [1.807, 2.05) is 18.2 Å². The van der Waals surface area contributed by atoms with Gasteiger partial charge in [0.2, 0.25) is 0 Å². The molecular formula is C16H23ClN2O2. The summed E-state index contributed by atoms with van der Waals surface area (Å²) >= 11 is 0. The summed E-state index contributed by atoms with van der Waals surface area (Å²) in [6.07, 6.45) is 1.16. The van der Waals surface area contributed by atoms with Gasteiger partial charge in [0.25, 0.3) is 0 Å². The molecule has 5 heteroatoms. The van der Waals surface area contributed by atoms with Crippen molar-refractivity contribution < 1.29 is 9.15 Å². The SMILES string of the molecule is COc1ccc2oc(CN3CCC(C)(CN)C3)cc2c1.Cl. The molecule has 0 bridgehead atoms. The van der Waals surface area contributed by atoms with Gasteiger partial charge in [-0.1, -0.05) is 6.92 Å². The van der Waals surface area contributed by atoms with E-state index in [1.54, 1.807) is 7.11 Å². The molecule has 1 saturated heterocycles. The van der Waals surface area contributed by atoms with E-state index in [1.165, 1.54) is 0 Å². The van der Waals surface area contributed by atoms with Crippen molar-refractivity contribution in [1.82, 2.24) is 4.90 Å². The fourth-order valence-electron chi connectivity index (χ4n) is 2.93. The molecule has 2 N–H and O–H groups in total. The minimum absolute atomic E-state index is 0. The first-order valence-electron chi connectivity index (χ1n) is 7.11. The van der Waals surface area contributed by atoms with E-state index < -0.39 is 0 Å². The summed E-state index contributed by atoms with van der Waals surface area (Å²) in [6.45, 7) is 6.00. The Morgan fingerprint density at radius 2 is 2.19 bits per heavy atom. The number of rotatable bonds is 4. The monoisotopic (exact) mass is 310 g/mol. The number of likely N-dealkylation sites (tertiary alicyclic amines) is 1. The van der Waals surface area contributed by atoms with E-state index >= 15 is 0 Å². The Balaban J connectivity index is 0.00000161. The third kappa shape index (κ3) is 3.34. The van der Waals surface area contributed by atoms with Crippen molar-refractivity contribution in [2.45, 2.75) is 19.9 Å². The van der Waals surface area contributed by atoms with Gasteiger partial charge in [-0.05, 0) is 49.2 Å². The van der Waals surface area contributed by atoms with Gasteiger partial charge in [-0.3, -0.25) is 4.90 Å². The lowest BCUT2D eigenvalue weighted by atomic mass is 9.90. The maximum absolute atomic E-state index is 5.90. The number of furan rings is 1. The molecule has 3 rings (SSSR count). The number of nitrogens with zero attached hydrogens (tertiary/aromatic N) is 1. The van der Waals surface area contributed by atoms with Gasteiger partial charge in [-0.15, -0.1) is 12.4 Å². The van der Waals surface area contributed by atoms with E-state index in [2.05, 4.69) is 17.9 Å². The fraction of sp³-hybridized carbons (Fsp3) is 0.500. The first-order chi connectivity index (χ1) is 9.62. The third-order valence-electron chi connectivity index (χ3n) is 4.28. The highest BCUT2D eigenvalue weighted by Gasteiger charge is 2.32. The number of fused-ring (bicyclic) bond motifs is 1. The largest absolute Gasteiger partial charge is 0.497 e. The molecule has 2 heterocycles. The molecule has 1 aliphatic rings. The van der Waals surface area contributed by atoms with E-state index in [0.717, 1.165) is 55.1 Å². The maximum Gasteiger partial charge on any atom is 0.134 e. The molecular weight excluding hydrogens is 288 g/mol. The predicted molar refractivity (Wildman–Crippen MR) is 87.1 cm³/mol. The number of halogens is 1. The van der Waals surface area contributed by atoms with Gasteiger partial charge in [0.05, 0.1) is 13.7 Å². The number of methoxy groups -OCH3 is 1. The van der Waals surface area contributed by atoms with Crippen molar-refractivity contribution in [3.8, 4) is 5.75 Å². The third-order valence-corrected chi connectivity index (χ3v) is 4.28. The molecule has 0 saturated carbocycles. The van der Waals surface area contributed by atoms with E-state index in [4.69, 9.17) is 14.9 Å². The van der Waals surface area contributed by atoms with Crippen molar-refractivity contribution in [2.24, 2.45) is 11.1 Å². The van der Waals surface area contributed by atoms with Crippen LogP contribution in [0.5, 0.6) is 5.75 Å². The minimum Gasteiger partial charge on any atom is -0.497 e. The van der Waals surface area contributed by atoms with Crippen LogP contribution in [0.3, 0.4) is 0 Å². The molecule has 2 aromatic rings. The Hall–Kier alpha value is -1.23. The molecule has 4 nitrogen and oxygen atoms in total. The summed E-state index contributed by atoms with van der Waals surface area (Å²) in [5.41, 5.74) is 7.03. The van der Waals surface area contributed by atoms with Gasteiger partial charge in [0.15, 0.2) is 0 Å². The zero-order chi connectivity index (χ0) is 14.2. The molecule has 1 unspecified atom stereocenters. The highest BCUT2D eigenvalue weighted by Crippen LogP contribution is 2.31. The van der Waals surface area contributed by atoms with Gasteiger partial charge < -0.3 is 14.9 Å². The van der Waals surface area contributed by atoms with Crippen LogP contribution < -0.4 is 10.5 Å². The summed E-state index contributed by atoms with van der Waals surface area (Å²) in [5, 5.41) is 1.10. The van der Waals surface area contributed by atoms with Crippen molar-refractivity contribution in [1.29, 1.82) is 0 Å². The molecule has 1 aliphatic heterocycles. The number of hydrogen-bond acceptors (Lipinski definition) is 4. The van der Waals surface area contributed by atoms with E-state index in [9.17, 15) is 0 Å². The highest BCUT2D eigenvalue weighted by molar-refractivity contribution is 5.85. The summed E-state index contributed by atoms with van der Waals surface area (Å²) in [5.74, 6) is 1.87. The molecule has 1 aromatic heterocycles. The molecule has 21 heavy (non-hydrogen) atoms. The fourth-order valence-corrected chi connectivity index (χ4v) is 2.93. The van der Waals surface area contributed by atoms with Gasteiger partial charge in [-0.25, -0.2) is 0 Å². The van der Waals surface area contributed by atoms with E-state index in [-0.39, 0.29) is 17.8 Å². The first-order valence-corrected chi connectivity index (χ1v) is 7.11. The van der Waals surface area contributed by atoms with Crippen LogP contribution in [-0.2, 0) is 6.54 Å². The van der Waals surface area contributed by atoms with Gasteiger partial charge >= 0.3 is 0 Å². The van der Waals surface area contributed by atoms with Gasteiger partial charge in [0.1, 0.15) is 17.1 Å². The Bertz CT molecular complexity index is 613. The first kappa shape index (κ1) is 16.1. The van der Waals surface area contributed by atoms with Crippen molar-refractivity contribution in [3.63, 3.8) is 0 Å². The van der Waals surface area contributed by atoms with Crippen molar-refractivity contribution in [2.75, 3.05) is 26.7 Å². The average molecular weight is 311 g/mol. The Morgan fingerprint density at radius 3 is 2.86 bits per heavy atom. The molecule has 1 atom stereocenters. The van der Waals surface area contributed by atoms with Crippen LogP contribution in [-0.4, -0.2) is 31.6 Å². The van der Waals surface area contributed by atoms with Crippen LogP contribution in [0.25, 0.3) is 11.0 Å². The van der Waals surface area contributed by atoms with Crippen LogP contribution in [0.1, 0.15) is 19.1 Å². The van der Waals surface area contributed by atoms with Crippen LogP contribution in [0.4, 0.5) is 0 Å². The normalized spacial score (nSPS) is 22.4. The second kappa shape index (κ2) is 6.26. The number of benzene rings is 1. The second-order valence-corrected chi connectivity index (χ2v) is 6.09. The Labute approximate surface area is 131 Å². The molecule has 1 aromatic carbocycles. The maximum atomic E-state index is 5.90. The highest BCUT2D eigenvalue weighted by atomic mass is 35.5. The van der Waals surface area contributed by atoms with E-state index in [0.29, 0.717) is 0 Å². The van der Waals surface area contributed by atoms with Crippen molar-refractivity contribution >= 4 is 23.4 Å². The molecule has 0 amide bonds. The zero-order valence-electron chi connectivity index (χ0n) is 12.6. The molecule has 0 spiro atoms. The second-order valence-electron chi connectivity index (χ2n) is 6.09. The van der Waals surface area contributed by atoms with Crippen LogP contribution in [0, 0.1) is 5.41 Å². The lowest BCUT2D eigenvalue weighted by Crippen LogP contribution is -2.31. The summed E-state index contributed by atoms with van der Waals surface area (Å²) in [7, 11) is 1.68. The Kier molecular flexibility index (Phi) is 4.81. The van der Waals surface area contributed by atoms with Crippen LogP contribution in [0.15, 0.2) is 28.7 Å². The van der Waals surface area contributed by atoms with Crippen LogP contribution in [0.2, 0.25) is 0 Å². The summed E-state index contributed by atoms with van der Waals surface area (Å²) in [6, 6.07) is 8.01. The predicted octanol–water partition coefficient (Wildman–Crippen LogP) is 3.03. The lowest BCUT2D eigenvalue weighted by molar-refractivity contribution is 0.258. The Morgan fingerprint density at radius 1 is 1.38 bits per heavy atom. The number of hydrogen-bond donors (Lipinski definition) is 1. The summed E-state index contributed by atoms with van der Waals surface area (Å²) < 4.78 is 11.1. The van der Waals surface area contributed by atoms with Gasteiger partial charge in [0, 0.05) is 11.9 Å². The number of nitrogens with two attached hydrogens (primary N) is 1. The molecule has 0 aliphatic carbocycles. The lowest BCUT2D eigenvalue weighted by Gasteiger charge is -2.21. The molecule has 0 radical (unpaired) electrons. The zero-order valence-corrected chi connectivity index (χ0v) is 13.4. The topological polar surface area (TPSA) is 51.6 Å². The quantitative estimate of drug-likeness (QED) is 0.943. The summed E-state index contributed by atoms with van der Waals surface area (Å²) in [4.78, 5) is 2.42. The number of ether oxygens (including phenoxy) is 1. The smallest absolute Gasteiger partial charge is 0.134 e. The molecule has 116 valence electrons. The minimum atomic E-state index is 0. The average Bonchev–Trinajstić information content (AvgIpc) is 3.02. The molecule has 1 fully saturated rings. The standard InChI is InChI=1S/C16H22N2O2.ClH/c1-16(10-17)5-6-18(11-16)9-14-8-12-7-13(19-2)3-4-15(12)20-14;/h3-4,7-8H,5-6,9-11,17H2,1-2H3;1H. The van der Waals surface area contributed by atoms with Gasteiger partial charge in [-0.2, -0.15) is 0 Å².